The van der Waals surface area contributed by atoms with Crippen molar-refractivity contribution in [2.24, 2.45) is 5.92 Å². The van der Waals surface area contributed by atoms with E-state index in [1.807, 2.05) is 32.2 Å². The van der Waals surface area contributed by atoms with E-state index in [1.54, 1.807) is 19.0 Å². The lowest BCUT2D eigenvalue weighted by molar-refractivity contribution is -0.123. The number of nitrogens with one attached hydrogen (secondary N) is 1. The number of anilines is 2. The molecule has 0 unspecified atom stereocenters. The maximum Gasteiger partial charge on any atom is 0.409 e. The first kappa shape index (κ1) is 32.1. The highest BCUT2D eigenvalue weighted by Crippen LogP contribution is 2.30. The number of piperazine rings is 1. The SMILES string of the molecule is Cc1cc(N(C)C(=O)[C@H]2CC[C@H](Nc3cccc(CCOC(=O)N(C)C)c3)CC2)ccc1CN1CCN(C(=O)O)[C@@H](C)C1. The molecular formula is C33H47N5O5. The number of hydrogen-bond donors (Lipinski definition) is 2. The summed E-state index contributed by atoms with van der Waals surface area (Å²) in [7, 11) is 5.21. The average Bonchev–Trinajstić information content (AvgIpc) is 2.98. The van der Waals surface area contributed by atoms with Crippen molar-refractivity contribution in [1.29, 1.82) is 0 Å². The summed E-state index contributed by atoms with van der Waals surface area (Å²) in [5.41, 5.74) is 5.40. The van der Waals surface area contributed by atoms with E-state index in [9.17, 15) is 19.5 Å². The number of hydrogen-bond acceptors (Lipinski definition) is 6. The first-order valence-electron chi connectivity index (χ1n) is 15.3. The van der Waals surface area contributed by atoms with Crippen LogP contribution in [-0.4, -0.2) is 97.4 Å². The van der Waals surface area contributed by atoms with Crippen molar-refractivity contribution in [3.05, 3.63) is 59.2 Å². The minimum absolute atomic E-state index is 0.00719. The van der Waals surface area contributed by atoms with Crippen molar-refractivity contribution in [2.45, 2.75) is 64.6 Å². The Bertz CT molecular complexity index is 1280. The third-order valence-electron chi connectivity index (χ3n) is 8.75. The van der Waals surface area contributed by atoms with Gasteiger partial charge in [0.05, 0.1) is 6.61 Å². The minimum atomic E-state index is -0.853. The second-order valence-corrected chi connectivity index (χ2v) is 12.2. The van der Waals surface area contributed by atoms with E-state index in [0.29, 0.717) is 38.7 Å². The molecule has 2 aliphatic rings. The molecule has 1 atom stereocenters. The monoisotopic (exact) mass is 593 g/mol. The number of carboxylic acid groups (broad SMARTS) is 1. The molecule has 10 heteroatoms. The molecule has 2 N–H and O–H groups in total. The van der Waals surface area contributed by atoms with Gasteiger partial charge in [-0.25, -0.2) is 9.59 Å². The predicted octanol–water partition coefficient (Wildman–Crippen LogP) is 5.05. The summed E-state index contributed by atoms with van der Waals surface area (Å²) in [4.78, 5) is 43.5. The van der Waals surface area contributed by atoms with Gasteiger partial charge in [0.2, 0.25) is 5.91 Å². The number of ether oxygens (including phenoxy) is 1. The zero-order valence-electron chi connectivity index (χ0n) is 26.2. The van der Waals surface area contributed by atoms with E-state index in [4.69, 9.17) is 4.74 Å². The van der Waals surface area contributed by atoms with Crippen LogP contribution in [0.1, 0.15) is 49.3 Å². The van der Waals surface area contributed by atoms with E-state index in [0.717, 1.165) is 54.7 Å². The fourth-order valence-corrected chi connectivity index (χ4v) is 6.09. The molecule has 0 aromatic heterocycles. The largest absolute Gasteiger partial charge is 0.465 e. The highest BCUT2D eigenvalue weighted by Gasteiger charge is 2.30. The highest BCUT2D eigenvalue weighted by atomic mass is 16.6. The molecule has 10 nitrogen and oxygen atoms in total. The number of aryl methyl sites for hydroxylation is 1. The predicted molar refractivity (Wildman–Crippen MR) is 169 cm³/mol. The quantitative estimate of drug-likeness (QED) is 0.419. The van der Waals surface area contributed by atoms with Crippen molar-refractivity contribution >= 4 is 29.5 Å². The number of carbonyl (C=O) groups excluding carboxylic acids is 2. The Balaban J connectivity index is 1.24. The number of carbonyl (C=O) groups is 3. The number of rotatable bonds is 9. The minimum Gasteiger partial charge on any atom is -0.465 e. The highest BCUT2D eigenvalue weighted by molar-refractivity contribution is 5.94. The molecule has 0 radical (unpaired) electrons. The summed E-state index contributed by atoms with van der Waals surface area (Å²) >= 11 is 0. The van der Waals surface area contributed by atoms with Gasteiger partial charge >= 0.3 is 12.2 Å². The summed E-state index contributed by atoms with van der Waals surface area (Å²) in [5.74, 6) is 0.172. The van der Waals surface area contributed by atoms with Gasteiger partial charge in [0.1, 0.15) is 0 Å². The maximum absolute atomic E-state index is 13.4. The Labute approximate surface area is 255 Å². The van der Waals surface area contributed by atoms with Crippen LogP contribution < -0.4 is 10.2 Å². The van der Waals surface area contributed by atoms with Crippen LogP contribution in [-0.2, 0) is 22.5 Å². The molecule has 0 bridgehead atoms. The Hall–Kier alpha value is -3.79. The number of benzene rings is 2. The number of amides is 3. The Morgan fingerprint density at radius 1 is 1.02 bits per heavy atom. The first-order chi connectivity index (χ1) is 20.5. The molecule has 4 rings (SSSR count). The normalized spacial score (nSPS) is 20.8. The van der Waals surface area contributed by atoms with Crippen LogP contribution in [0.15, 0.2) is 42.5 Å². The van der Waals surface area contributed by atoms with Crippen molar-refractivity contribution in [2.75, 3.05) is 57.6 Å². The van der Waals surface area contributed by atoms with Gasteiger partial charge in [-0.05, 0) is 80.5 Å². The van der Waals surface area contributed by atoms with Gasteiger partial charge < -0.3 is 29.9 Å². The molecule has 1 heterocycles. The summed E-state index contributed by atoms with van der Waals surface area (Å²) < 4.78 is 5.25. The molecular weight excluding hydrogens is 546 g/mol. The first-order valence-corrected chi connectivity index (χ1v) is 15.3. The molecule has 0 spiro atoms. The van der Waals surface area contributed by atoms with E-state index in [1.165, 1.54) is 15.4 Å². The van der Waals surface area contributed by atoms with Crippen molar-refractivity contribution in [3.8, 4) is 0 Å². The van der Waals surface area contributed by atoms with Crippen molar-refractivity contribution < 1.29 is 24.2 Å². The second-order valence-electron chi connectivity index (χ2n) is 12.2. The fourth-order valence-electron chi connectivity index (χ4n) is 6.09. The molecule has 1 aliphatic carbocycles. The molecule has 2 aromatic rings. The van der Waals surface area contributed by atoms with Gasteiger partial charge in [-0.15, -0.1) is 0 Å². The van der Waals surface area contributed by atoms with Gasteiger partial charge in [0.15, 0.2) is 0 Å². The molecule has 2 fully saturated rings. The van der Waals surface area contributed by atoms with Crippen LogP contribution in [0.3, 0.4) is 0 Å². The second kappa shape index (κ2) is 14.6. The Morgan fingerprint density at radius 3 is 2.42 bits per heavy atom. The molecule has 2 aromatic carbocycles. The molecule has 1 saturated heterocycles. The van der Waals surface area contributed by atoms with Gasteiger partial charge in [0, 0.05) is 83.1 Å². The van der Waals surface area contributed by atoms with Crippen LogP contribution in [0.5, 0.6) is 0 Å². The summed E-state index contributed by atoms with van der Waals surface area (Å²) in [6.07, 6.45) is 3.02. The molecule has 1 aliphatic heterocycles. The molecule has 3 amide bonds. The molecule has 1 saturated carbocycles. The summed E-state index contributed by atoms with van der Waals surface area (Å²) in [6.45, 7) is 7.09. The van der Waals surface area contributed by atoms with Crippen molar-refractivity contribution in [3.63, 3.8) is 0 Å². The lowest BCUT2D eigenvalue weighted by atomic mass is 9.85. The van der Waals surface area contributed by atoms with E-state index in [2.05, 4.69) is 41.4 Å². The van der Waals surface area contributed by atoms with Crippen LogP contribution in [0, 0.1) is 12.8 Å². The summed E-state index contributed by atoms with van der Waals surface area (Å²) in [5, 5.41) is 13.0. The number of nitrogens with zero attached hydrogens (tertiary/aromatic N) is 4. The third-order valence-corrected chi connectivity index (χ3v) is 8.75. The molecule has 234 valence electrons. The Morgan fingerprint density at radius 2 is 1.77 bits per heavy atom. The zero-order valence-corrected chi connectivity index (χ0v) is 26.2. The van der Waals surface area contributed by atoms with Gasteiger partial charge in [0.25, 0.3) is 0 Å². The zero-order chi connectivity index (χ0) is 31.1. The van der Waals surface area contributed by atoms with Crippen LogP contribution in [0.2, 0.25) is 0 Å². The lowest BCUT2D eigenvalue weighted by Crippen LogP contribution is -2.53. The Kier molecular flexibility index (Phi) is 10.9. The maximum atomic E-state index is 13.4. The smallest absolute Gasteiger partial charge is 0.409 e. The van der Waals surface area contributed by atoms with Gasteiger partial charge in [-0.1, -0.05) is 18.2 Å². The van der Waals surface area contributed by atoms with E-state index < -0.39 is 6.09 Å². The van der Waals surface area contributed by atoms with Crippen molar-refractivity contribution in [1.82, 2.24) is 14.7 Å². The van der Waals surface area contributed by atoms with E-state index in [-0.39, 0.29) is 24.0 Å². The van der Waals surface area contributed by atoms with Crippen LogP contribution in [0.25, 0.3) is 0 Å². The van der Waals surface area contributed by atoms with Crippen LogP contribution >= 0.6 is 0 Å². The molecule has 43 heavy (non-hydrogen) atoms. The topological polar surface area (TPSA) is 106 Å². The summed E-state index contributed by atoms with van der Waals surface area (Å²) in [6, 6.07) is 14.7. The standard InChI is InChI=1S/C33H47N5O5/c1-23-19-30(14-11-27(23)22-37-16-17-38(32(40)41)24(2)21-37)36(5)31(39)26-9-12-28(13-10-26)34-29-8-6-7-25(20-29)15-18-43-33(42)35(3)4/h6-8,11,14,19-20,24,26,28,34H,9-10,12-13,15-18,21-22H2,1-5H3,(H,40,41)/t24-,26-,28-/m0/s1. The fraction of sp³-hybridized carbons (Fsp3) is 0.545. The van der Waals surface area contributed by atoms with E-state index >= 15 is 0 Å². The van der Waals surface area contributed by atoms with Crippen LogP contribution in [0.4, 0.5) is 21.0 Å². The lowest BCUT2D eigenvalue weighted by Gasteiger charge is -2.38. The van der Waals surface area contributed by atoms with Gasteiger partial charge in [-0.3, -0.25) is 9.69 Å². The third kappa shape index (κ3) is 8.63. The van der Waals surface area contributed by atoms with Gasteiger partial charge in [-0.2, -0.15) is 0 Å². The average molecular weight is 594 g/mol.